The molecule has 0 bridgehead atoms. The maximum atomic E-state index is 12.6. The molecule has 3 aromatic carbocycles. The van der Waals surface area contributed by atoms with Gasteiger partial charge in [0.05, 0.1) is 17.9 Å². The van der Waals surface area contributed by atoms with E-state index in [1.165, 1.54) is 18.9 Å². The highest BCUT2D eigenvalue weighted by Crippen LogP contribution is 2.28. The van der Waals surface area contributed by atoms with E-state index in [0.29, 0.717) is 32.5 Å². The van der Waals surface area contributed by atoms with Gasteiger partial charge in [-0.1, -0.05) is 53.2 Å². The van der Waals surface area contributed by atoms with Gasteiger partial charge in [0.2, 0.25) is 5.91 Å². The molecule has 1 aromatic heterocycles. The molecule has 1 amide bonds. The van der Waals surface area contributed by atoms with Gasteiger partial charge in [-0.25, -0.2) is 0 Å². The van der Waals surface area contributed by atoms with Crippen molar-refractivity contribution in [1.29, 1.82) is 0 Å². The van der Waals surface area contributed by atoms with Crippen LogP contribution in [-0.4, -0.2) is 33.5 Å². The summed E-state index contributed by atoms with van der Waals surface area (Å²) in [5.74, 6) is 1.76. The molecular weight excluding hydrogens is 495 g/mol. The zero-order chi connectivity index (χ0) is 23.9. The third kappa shape index (κ3) is 6.02. The quantitative estimate of drug-likeness (QED) is 0.280. The molecular formula is C24H20Cl2N4O3S. The lowest BCUT2D eigenvalue weighted by molar-refractivity contribution is -0.113. The van der Waals surface area contributed by atoms with Crippen LogP contribution in [-0.2, 0) is 11.4 Å². The van der Waals surface area contributed by atoms with E-state index in [1.807, 2.05) is 47.0 Å². The van der Waals surface area contributed by atoms with Gasteiger partial charge in [-0.15, -0.1) is 10.2 Å². The molecule has 34 heavy (non-hydrogen) atoms. The van der Waals surface area contributed by atoms with E-state index in [4.69, 9.17) is 32.7 Å². The molecule has 1 N–H and O–H groups in total. The SMILES string of the molecule is COc1ccc(NC(=O)CSc2nnc(COc3ccccc3)n2-c2ccc(Cl)cc2)cc1Cl. The molecule has 0 saturated heterocycles. The second kappa shape index (κ2) is 11.3. The Bertz CT molecular complexity index is 1270. The van der Waals surface area contributed by atoms with Crippen molar-refractivity contribution >= 4 is 46.6 Å². The van der Waals surface area contributed by atoms with Crippen LogP contribution >= 0.6 is 35.0 Å². The highest BCUT2D eigenvalue weighted by Gasteiger charge is 2.17. The Hall–Kier alpha value is -3.20. The molecule has 0 spiro atoms. The topological polar surface area (TPSA) is 78.3 Å². The minimum Gasteiger partial charge on any atom is -0.495 e. The van der Waals surface area contributed by atoms with E-state index in [0.717, 1.165) is 11.4 Å². The molecule has 0 aliphatic rings. The van der Waals surface area contributed by atoms with Gasteiger partial charge in [0.25, 0.3) is 0 Å². The molecule has 0 aliphatic carbocycles. The van der Waals surface area contributed by atoms with Gasteiger partial charge >= 0.3 is 0 Å². The molecule has 0 saturated carbocycles. The number of methoxy groups -OCH3 is 1. The second-order valence-corrected chi connectivity index (χ2v) is 8.78. The Kier molecular flexibility index (Phi) is 7.95. The standard InChI is InChI=1S/C24H20Cl2N4O3S/c1-32-21-12-9-17(13-20(21)26)27-23(31)15-34-24-29-28-22(14-33-19-5-3-2-4-6-19)30(24)18-10-7-16(25)8-11-18/h2-13H,14-15H2,1H3,(H,27,31). The van der Waals surface area contributed by atoms with Crippen molar-refractivity contribution in [2.45, 2.75) is 11.8 Å². The number of hydrogen-bond donors (Lipinski definition) is 1. The second-order valence-electron chi connectivity index (χ2n) is 7.00. The van der Waals surface area contributed by atoms with Crippen molar-refractivity contribution < 1.29 is 14.3 Å². The lowest BCUT2D eigenvalue weighted by Gasteiger charge is -2.12. The van der Waals surface area contributed by atoms with Crippen LogP contribution in [0.15, 0.2) is 78.0 Å². The highest BCUT2D eigenvalue weighted by molar-refractivity contribution is 7.99. The molecule has 0 atom stereocenters. The van der Waals surface area contributed by atoms with Crippen LogP contribution in [0.1, 0.15) is 5.82 Å². The maximum absolute atomic E-state index is 12.6. The van der Waals surface area contributed by atoms with E-state index >= 15 is 0 Å². The molecule has 0 radical (unpaired) electrons. The predicted molar refractivity (Wildman–Crippen MR) is 135 cm³/mol. The number of para-hydroxylation sites is 1. The normalized spacial score (nSPS) is 10.7. The van der Waals surface area contributed by atoms with Gasteiger partial charge in [0.1, 0.15) is 18.1 Å². The molecule has 10 heteroatoms. The average Bonchev–Trinajstić information content (AvgIpc) is 3.25. The van der Waals surface area contributed by atoms with Crippen molar-refractivity contribution in [3.05, 3.63) is 88.7 Å². The summed E-state index contributed by atoms with van der Waals surface area (Å²) in [6.07, 6.45) is 0. The van der Waals surface area contributed by atoms with E-state index in [9.17, 15) is 4.79 Å². The summed E-state index contributed by atoms with van der Waals surface area (Å²) < 4.78 is 12.9. The Balaban J connectivity index is 1.49. The van der Waals surface area contributed by atoms with Crippen LogP contribution < -0.4 is 14.8 Å². The Morgan fingerprint density at radius 2 is 1.79 bits per heavy atom. The van der Waals surface area contributed by atoms with Crippen molar-refractivity contribution in [2.24, 2.45) is 0 Å². The fourth-order valence-corrected chi connectivity index (χ4v) is 4.23. The minimum absolute atomic E-state index is 0.120. The smallest absolute Gasteiger partial charge is 0.234 e. The number of nitrogens with one attached hydrogen (secondary N) is 1. The largest absolute Gasteiger partial charge is 0.495 e. The van der Waals surface area contributed by atoms with E-state index in [2.05, 4.69) is 15.5 Å². The van der Waals surface area contributed by atoms with Crippen LogP contribution in [0, 0.1) is 0 Å². The van der Waals surface area contributed by atoms with Crippen molar-refractivity contribution in [1.82, 2.24) is 14.8 Å². The number of amides is 1. The number of ether oxygens (including phenoxy) is 2. The van der Waals surface area contributed by atoms with Crippen molar-refractivity contribution in [2.75, 3.05) is 18.2 Å². The number of anilines is 1. The van der Waals surface area contributed by atoms with Crippen LogP contribution in [0.3, 0.4) is 0 Å². The van der Waals surface area contributed by atoms with Crippen LogP contribution in [0.5, 0.6) is 11.5 Å². The lowest BCUT2D eigenvalue weighted by Crippen LogP contribution is -2.15. The van der Waals surface area contributed by atoms with E-state index in [1.54, 1.807) is 30.3 Å². The first kappa shape index (κ1) is 23.9. The van der Waals surface area contributed by atoms with Crippen molar-refractivity contribution in [3.63, 3.8) is 0 Å². The summed E-state index contributed by atoms with van der Waals surface area (Å²) >= 11 is 13.5. The Morgan fingerprint density at radius 3 is 2.50 bits per heavy atom. The third-order valence-corrected chi connectivity index (χ3v) is 6.14. The summed E-state index contributed by atoms with van der Waals surface area (Å²) in [7, 11) is 1.53. The molecule has 174 valence electrons. The van der Waals surface area contributed by atoms with Crippen LogP contribution in [0.25, 0.3) is 5.69 Å². The summed E-state index contributed by atoms with van der Waals surface area (Å²) in [6, 6.07) is 21.8. The van der Waals surface area contributed by atoms with E-state index < -0.39 is 0 Å². The maximum Gasteiger partial charge on any atom is 0.234 e. The third-order valence-electron chi connectivity index (χ3n) is 4.66. The number of aromatic nitrogens is 3. The molecule has 4 aromatic rings. The van der Waals surface area contributed by atoms with Gasteiger partial charge in [0.15, 0.2) is 11.0 Å². The van der Waals surface area contributed by atoms with Gasteiger partial charge < -0.3 is 14.8 Å². The molecule has 7 nitrogen and oxygen atoms in total. The summed E-state index contributed by atoms with van der Waals surface area (Å²) in [6.45, 7) is 0.205. The number of benzene rings is 3. The highest BCUT2D eigenvalue weighted by atomic mass is 35.5. The van der Waals surface area contributed by atoms with Crippen LogP contribution in [0.2, 0.25) is 10.0 Å². The number of carbonyl (C=O) groups is 1. The van der Waals surface area contributed by atoms with Crippen LogP contribution in [0.4, 0.5) is 5.69 Å². The van der Waals surface area contributed by atoms with Gasteiger partial charge in [-0.2, -0.15) is 0 Å². The first-order valence-corrected chi connectivity index (χ1v) is 11.9. The lowest BCUT2D eigenvalue weighted by atomic mass is 10.3. The zero-order valence-corrected chi connectivity index (χ0v) is 20.4. The molecule has 1 heterocycles. The van der Waals surface area contributed by atoms with Crippen molar-refractivity contribution in [3.8, 4) is 17.2 Å². The monoisotopic (exact) mass is 514 g/mol. The summed E-state index contributed by atoms with van der Waals surface area (Å²) in [5, 5.41) is 13.0. The number of thioether (sulfide) groups is 1. The van der Waals surface area contributed by atoms with E-state index in [-0.39, 0.29) is 18.3 Å². The molecule has 0 unspecified atom stereocenters. The predicted octanol–water partition coefficient (Wildman–Crippen LogP) is 5.89. The Labute approximate surface area is 211 Å². The van der Waals surface area contributed by atoms with Gasteiger partial charge in [0, 0.05) is 16.4 Å². The summed E-state index contributed by atoms with van der Waals surface area (Å²) in [4.78, 5) is 12.6. The number of nitrogens with zero attached hydrogens (tertiary/aromatic N) is 3. The molecule has 4 rings (SSSR count). The number of carbonyl (C=O) groups excluding carboxylic acids is 1. The molecule has 0 aliphatic heterocycles. The summed E-state index contributed by atoms with van der Waals surface area (Å²) in [5.41, 5.74) is 1.39. The minimum atomic E-state index is -0.209. The first-order chi connectivity index (χ1) is 16.5. The average molecular weight is 515 g/mol. The zero-order valence-electron chi connectivity index (χ0n) is 18.1. The Morgan fingerprint density at radius 1 is 1.03 bits per heavy atom. The van der Waals surface area contributed by atoms with Gasteiger partial charge in [-0.3, -0.25) is 9.36 Å². The number of hydrogen-bond acceptors (Lipinski definition) is 6. The fourth-order valence-electron chi connectivity index (χ4n) is 3.07. The number of rotatable bonds is 9. The van der Waals surface area contributed by atoms with Gasteiger partial charge in [-0.05, 0) is 54.6 Å². The molecule has 0 fully saturated rings. The first-order valence-electron chi connectivity index (χ1n) is 10.2. The fraction of sp³-hybridized carbons (Fsp3) is 0.125. The number of halogens is 2.